The van der Waals surface area contributed by atoms with Crippen molar-refractivity contribution in [2.45, 2.75) is 5.25 Å². The van der Waals surface area contributed by atoms with Crippen molar-refractivity contribution in [3.8, 4) is 0 Å². The van der Waals surface area contributed by atoms with Gasteiger partial charge in [0, 0.05) is 0 Å². The van der Waals surface area contributed by atoms with Crippen LogP contribution in [0.15, 0.2) is 48.5 Å². The van der Waals surface area contributed by atoms with Crippen molar-refractivity contribution in [3.63, 3.8) is 0 Å². The molecule has 0 bridgehead atoms. The lowest BCUT2D eigenvalue weighted by Crippen LogP contribution is -2.13. The number of hydrogen-bond donors (Lipinski definition) is 2. The number of nitrogens with two attached hydrogens (primary N) is 1. The molecule has 6 heteroatoms. The Hall–Kier alpha value is -2.05. The van der Waals surface area contributed by atoms with Crippen molar-refractivity contribution in [1.82, 2.24) is 0 Å². The standard InChI is InChI=1S/C15H13F2NO2S/c16-12-5-1-10(2-6-12)15(21(20)9-14(18)19)11-3-7-13(17)8-4-11/h1-9,15,20H,(H2,18,19). The van der Waals surface area contributed by atoms with E-state index in [-0.39, 0.29) is 0 Å². The topological polar surface area (TPSA) is 63.3 Å². The number of carbonyl (C=O) groups is 1. The van der Waals surface area contributed by atoms with Gasteiger partial charge in [0.2, 0.25) is 5.91 Å². The molecule has 1 amide bonds. The summed E-state index contributed by atoms with van der Waals surface area (Å²) in [4.78, 5) is 11.0. The van der Waals surface area contributed by atoms with E-state index in [9.17, 15) is 18.1 Å². The summed E-state index contributed by atoms with van der Waals surface area (Å²) < 4.78 is 36.3. The van der Waals surface area contributed by atoms with Crippen molar-refractivity contribution >= 4 is 22.0 Å². The molecule has 2 aromatic rings. The van der Waals surface area contributed by atoms with E-state index in [1.807, 2.05) is 0 Å². The molecule has 0 heterocycles. The second-order valence-corrected chi connectivity index (χ2v) is 5.75. The fraction of sp³-hybridized carbons (Fsp3) is 0.0667. The molecule has 0 saturated heterocycles. The highest BCUT2D eigenvalue weighted by molar-refractivity contribution is 8.11. The number of hydrogen-bond acceptors (Lipinski definition) is 2. The van der Waals surface area contributed by atoms with Crippen LogP contribution in [0.2, 0.25) is 0 Å². The third-order valence-electron chi connectivity index (χ3n) is 2.82. The van der Waals surface area contributed by atoms with Crippen LogP contribution in [0.25, 0.3) is 0 Å². The quantitative estimate of drug-likeness (QED) is 0.853. The third kappa shape index (κ3) is 3.96. The molecule has 0 aromatic heterocycles. The van der Waals surface area contributed by atoms with Crippen molar-refractivity contribution < 1.29 is 18.1 Å². The van der Waals surface area contributed by atoms with Gasteiger partial charge in [-0.25, -0.2) is 8.78 Å². The van der Waals surface area contributed by atoms with Crippen LogP contribution in [0.4, 0.5) is 8.78 Å². The van der Waals surface area contributed by atoms with Crippen LogP contribution < -0.4 is 5.73 Å². The van der Waals surface area contributed by atoms with Gasteiger partial charge in [-0.05, 0) is 46.2 Å². The molecule has 21 heavy (non-hydrogen) atoms. The molecule has 0 radical (unpaired) electrons. The minimum Gasteiger partial charge on any atom is -0.366 e. The molecule has 110 valence electrons. The molecule has 0 aliphatic carbocycles. The summed E-state index contributed by atoms with van der Waals surface area (Å²) in [7, 11) is -1.50. The summed E-state index contributed by atoms with van der Waals surface area (Å²) in [5.74, 6) is -1.57. The average Bonchev–Trinajstić information content (AvgIpc) is 2.42. The maximum absolute atomic E-state index is 13.0. The number of primary amides is 1. The first-order valence-electron chi connectivity index (χ1n) is 6.03. The monoisotopic (exact) mass is 309 g/mol. The van der Waals surface area contributed by atoms with Gasteiger partial charge in [0.15, 0.2) is 0 Å². The van der Waals surface area contributed by atoms with E-state index >= 15 is 0 Å². The molecular weight excluding hydrogens is 296 g/mol. The van der Waals surface area contributed by atoms with Crippen molar-refractivity contribution in [2.24, 2.45) is 5.73 Å². The number of carbonyl (C=O) groups excluding carboxylic acids is 1. The van der Waals surface area contributed by atoms with Crippen molar-refractivity contribution in [3.05, 3.63) is 71.3 Å². The van der Waals surface area contributed by atoms with Gasteiger partial charge in [-0.3, -0.25) is 4.79 Å². The maximum atomic E-state index is 13.0. The lowest BCUT2D eigenvalue weighted by molar-refractivity contribution is -0.111. The Labute approximate surface area is 123 Å². The first kappa shape index (κ1) is 15.3. The minimum atomic E-state index is -1.50. The number of amides is 1. The highest BCUT2D eigenvalue weighted by atomic mass is 32.2. The fourth-order valence-corrected chi connectivity index (χ4v) is 3.18. The molecule has 1 atom stereocenters. The summed E-state index contributed by atoms with van der Waals surface area (Å²) in [6, 6.07) is 11.1. The maximum Gasteiger partial charge on any atom is 0.249 e. The number of rotatable bonds is 4. The van der Waals surface area contributed by atoms with E-state index in [0.29, 0.717) is 11.1 Å². The predicted octanol–water partition coefficient (Wildman–Crippen LogP) is 3.08. The van der Waals surface area contributed by atoms with Gasteiger partial charge >= 0.3 is 0 Å². The molecule has 1 unspecified atom stereocenters. The highest BCUT2D eigenvalue weighted by Crippen LogP contribution is 2.38. The number of benzene rings is 2. The summed E-state index contributed by atoms with van der Waals surface area (Å²) in [6.45, 7) is 0. The van der Waals surface area contributed by atoms with Crippen LogP contribution in [-0.4, -0.2) is 15.8 Å². The zero-order valence-corrected chi connectivity index (χ0v) is 11.7. The van der Waals surface area contributed by atoms with Gasteiger partial charge in [0.25, 0.3) is 0 Å². The van der Waals surface area contributed by atoms with Crippen LogP contribution >= 0.6 is 10.8 Å². The zero-order chi connectivity index (χ0) is 15.4. The van der Waals surface area contributed by atoms with Crippen molar-refractivity contribution in [1.29, 1.82) is 0 Å². The minimum absolute atomic E-state index is 0.409. The van der Waals surface area contributed by atoms with Gasteiger partial charge in [-0.1, -0.05) is 24.3 Å². The third-order valence-corrected chi connectivity index (χ3v) is 4.33. The Morgan fingerprint density at radius 1 is 1.00 bits per heavy atom. The van der Waals surface area contributed by atoms with Gasteiger partial charge in [0.1, 0.15) is 11.6 Å². The molecule has 0 aliphatic heterocycles. The summed E-state index contributed by atoms with van der Waals surface area (Å²) in [5.41, 5.74) is 6.27. The van der Waals surface area contributed by atoms with E-state index in [4.69, 9.17) is 5.73 Å². The second-order valence-electron chi connectivity index (χ2n) is 4.35. The van der Waals surface area contributed by atoms with E-state index in [1.54, 1.807) is 0 Å². The van der Waals surface area contributed by atoms with E-state index in [0.717, 1.165) is 5.37 Å². The molecule has 2 rings (SSSR count). The first-order valence-corrected chi connectivity index (χ1v) is 7.34. The van der Waals surface area contributed by atoms with Crippen LogP contribution in [0.3, 0.4) is 0 Å². The SMILES string of the molecule is NC(=O)C=S(O)C(c1ccc(F)cc1)c1ccc(F)cc1. The van der Waals surface area contributed by atoms with E-state index in [1.165, 1.54) is 48.5 Å². The van der Waals surface area contributed by atoms with Gasteiger partial charge in [0.05, 0.1) is 10.6 Å². The van der Waals surface area contributed by atoms with Gasteiger partial charge < -0.3 is 10.3 Å². The Morgan fingerprint density at radius 2 is 1.38 bits per heavy atom. The lowest BCUT2D eigenvalue weighted by Gasteiger charge is -2.18. The summed E-state index contributed by atoms with van der Waals surface area (Å²) >= 11 is 0. The molecule has 0 spiro atoms. The van der Waals surface area contributed by atoms with Crippen LogP contribution in [0.1, 0.15) is 16.4 Å². The predicted molar refractivity (Wildman–Crippen MR) is 80.1 cm³/mol. The van der Waals surface area contributed by atoms with Crippen LogP contribution in [-0.2, 0) is 4.79 Å². The average molecular weight is 309 g/mol. The first-order chi connectivity index (χ1) is 9.97. The second kappa shape index (κ2) is 6.60. The Kier molecular flexibility index (Phi) is 4.82. The largest absolute Gasteiger partial charge is 0.366 e. The van der Waals surface area contributed by atoms with Crippen LogP contribution in [0.5, 0.6) is 0 Å². The Morgan fingerprint density at radius 3 is 1.71 bits per heavy atom. The van der Waals surface area contributed by atoms with Crippen LogP contribution in [0, 0.1) is 11.6 Å². The molecular formula is C15H13F2NO2S. The molecule has 3 N–H and O–H groups in total. The van der Waals surface area contributed by atoms with E-state index in [2.05, 4.69) is 0 Å². The summed E-state index contributed by atoms with van der Waals surface area (Å²) in [6.07, 6.45) is 0. The molecule has 0 fully saturated rings. The fourth-order valence-electron chi connectivity index (χ4n) is 1.93. The molecule has 3 nitrogen and oxygen atoms in total. The lowest BCUT2D eigenvalue weighted by atomic mass is 10.0. The highest BCUT2D eigenvalue weighted by Gasteiger charge is 2.18. The number of halogens is 2. The molecule has 0 aliphatic rings. The Bertz CT molecular complexity index is 624. The molecule has 0 saturated carbocycles. The Balaban J connectivity index is 2.51. The van der Waals surface area contributed by atoms with Gasteiger partial charge in [-0.15, -0.1) is 0 Å². The normalized spacial score (nSPS) is 12.6. The van der Waals surface area contributed by atoms with E-state index < -0.39 is 33.6 Å². The molecule has 2 aromatic carbocycles. The van der Waals surface area contributed by atoms with Gasteiger partial charge in [-0.2, -0.15) is 0 Å². The van der Waals surface area contributed by atoms with Crippen molar-refractivity contribution in [2.75, 3.05) is 0 Å². The smallest absolute Gasteiger partial charge is 0.249 e. The summed E-state index contributed by atoms with van der Waals surface area (Å²) in [5, 5.41) is 0.385. The zero-order valence-electron chi connectivity index (χ0n) is 10.9.